The van der Waals surface area contributed by atoms with Crippen LogP contribution in [0.1, 0.15) is 41.0 Å². The zero-order valence-corrected chi connectivity index (χ0v) is 23.9. The molecule has 218 valence electrons. The first-order valence-electron chi connectivity index (χ1n) is 13.8. The minimum atomic E-state index is -1.18. The van der Waals surface area contributed by atoms with Gasteiger partial charge in [0.1, 0.15) is 30.2 Å². The number of carbonyl (C=O) groups excluding carboxylic acids is 4. The highest BCUT2D eigenvalue weighted by atomic mass is 16.5. The van der Waals surface area contributed by atoms with Crippen LogP contribution in [0.5, 0.6) is 5.75 Å². The fourth-order valence-electron chi connectivity index (χ4n) is 6.13. The molecule has 12 nitrogen and oxygen atoms in total. The third-order valence-corrected chi connectivity index (χ3v) is 8.56. The van der Waals surface area contributed by atoms with Crippen molar-refractivity contribution in [1.82, 2.24) is 20.2 Å². The van der Waals surface area contributed by atoms with Crippen LogP contribution in [0.4, 0.5) is 11.4 Å². The van der Waals surface area contributed by atoms with Gasteiger partial charge in [0, 0.05) is 13.0 Å². The molecule has 2 aliphatic heterocycles. The standard InChI is InChI=1S/C29H37N7O5/c1-28(2,3)23(33-15-11-31-14-32-12-15)27(40)36-13-16-21(29(16,4)5)22(36)26(39)35-18(24(30)37)10-20-25(38)34-17-8-6-7-9-19(17)41-20/h6-9,11-12,14,16,18,20-23,33H,10,13H2,1-5H3,(H2,30,37)(H,34,38)(H,35,39)/t16-,18?,20-,21-,22-,23?/m0/s1. The lowest BCUT2D eigenvalue weighted by Crippen LogP contribution is -2.59. The second kappa shape index (κ2) is 10.3. The van der Waals surface area contributed by atoms with Crippen molar-refractivity contribution in [2.75, 3.05) is 17.2 Å². The second-order valence-electron chi connectivity index (χ2n) is 12.8. The van der Waals surface area contributed by atoms with E-state index in [1.807, 2.05) is 20.8 Å². The fourth-order valence-corrected chi connectivity index (χ4v) is 6.13. The number of hydrogen-bond acceptors (Lipinski definition) is 8. The Labute approximate surface area is 238 Å². The smallest absolute Gasteiger partial charge is 0.265 e. The number of benzene rings is 1. The number of carbonyl (C=O) groups is 4. The van der Waals surface area contributed by atoms with Crippen molar-refractivity contribution in [2.24, 2.45) is 28.4 Å². The molecule has 3 heterocycles. The number of primary amides is 1. The van der Waals surface area contributed by atoms with Gasteiger partial charge in [-0.15, -0.1) is 0 Å². The Morgan fingerprint density at radius 3 is 2.54 bits per heavy atom. The number of nitrogens with two attached hydrogens (primary N) is 1. The van der Waals surface area contributed by atoms with E-state index in [1.54, 1.807) is 41.6 Å². The van der Waals surface area contributed by atoms with Crippen LogP contribution in [0.2, 0.25) is 0 Å². The quantitative estimate of drug-likeness (QED) is 0.375. The van der Waals surface area contributed by atoms with Crippen LogP contribution >= 0.6 is 0 Å². The van der Waals surface area contributed by atoms with Crippen LogP contribution in [-0.2, 0) is 19.2 Å². The van der Waals surface area contributed by atoms with Crippen molar-refractivity contribution in [3.05, 3.63) is 43.0 Å². The van der Waals surface area contributed by atoms with Crippen LogP contribution in [0.15, 0.2) is 43.0 Å². The van der Waals surface area contributed by atoms with E-state index >= 15 is 0 Å². The molecule has 3 aliphatic rings. The molecule has 6 atom stereocenters. The average molecular weight is 564 g/mol. The second-order valence-corrected chi connectivity index (χ2v) is 12.8. The first-order valence-corrected chi connectivity index (χ1v) is 13.8. The summed E-state index contributed by atoms with van der Waals surface area (Å²) in [6, 6.07) is 4.30. The molecule has 0 bridgehead atoms. The number of anilines is 2. The zero-order valence-electron chi connectivity index (χ0n) is 23.9. The number of nitrogens with zero attached hydrogens (tertiary/aromatic N) is 3. The van der Waals surface area contributed by atoms with Gasteiger partial charge in [0.25, 0.3) is 5.91 Å². The number of ether oxygens (including phenoxy) is 1. The lowest BCUT2D eigenvalue weighted by molar-refractivity contribution is -0.143. The Morgan fingerprint density at radius 2 is 1.88 bits per heavy atom. The highest BCUT2D eigenvalue weighted by Gasteiger charge is 2.69. The number of fused-ring (bicyclic) bond motifs is 2. The summed E-state index contributed by atoms with van der Waals surface area (Å²) in [5, 5.41) is 8.76. The van der Waals surface area contributed by atoms with Gasteiger partial charge < -0.3 is 31.3 Å². The van der Waals surface area contributed by atoms with Crippen molar-refractivity contribution >= 4 is 35.0 Å². The predicted molar refractivity (Wildman–Crippen MR) is 150 cm³/mol. The fraction of sp³-hybridized carbons (Fsp3) is 0.517. The average Bonchev–Trinajstić information content (AvgIpc) is 3.22. The third kappa shape index (κ3) is 5.42. The maximum Gasteiger partial charge on any atom is 0.265 e. The van der Waals surface area contributed by atoms with Crippen molar-refractivity contribution in [1.29, 1.82) is 0 Å². The van der Waals surface area contributed by atoms with Gasteiger partial charge in [-0.25, -0.2) is 9.97 Å². The largest absolute Gasteiger partial charge is 0.478 e. The van der Waals surface area contributed by atoms with Crippen molar-refractivity contribution < 1.29 is 23.9 Å². The number of aromatic nitrogens is 2. The van der Waals surface area contributed by atoms with Gasteiger partial charge in [-0.05, 0) is 34.8 Å². The van der Waals surface area contributed by atoms with E-state index in [4.69, 9.17) is 10.5 Å². The Balaban J connectivity index is 1.35. The predicted octanol–water partition coefficient (Wildman–Crippen LogP) is 1.55. The van der Waals surface area contributed by atoms with Crippen LogP contribution < -0.4 is 26.4 Å². The zero-order chi connectivity index (χ0) is 29.7. The Morgan fingerprint density at radius 1 is 1.20 bits per heavy atom. The molecule has 2 aromatic rings. The minimum absolute atomic E-state index is 0.0817. The number of rotatable bonds is 8. The molecule has 4 amide bonds. The SMILES string of the molecule is CC(C)(C)C(Nc1cncnc1)C(=O)N1C[C@H]2[C@@H]([C@H]1C(=O)NC(C[C@@H]1Oc3ccccc3NC1=O)C(N)=O)C2(C)C. The van der Waals surface area contributed by atoms with E-state index in [1.165, 1.54) is 6.33 Å². The Bertz CT molecular complexity index is 1360. The molecular formula is C29H37N7O5. The monoisotopic (exact) mass is 563 g/mol. The number of piperidine rings is 1. The molecule has 5 N–H and O–H groups in total. The maximum atomic E-state index is 14.1. The van der Waals surface area contributed by atoms with Crippen molar-refractivity contribution in [3.63, 3.8) is 0 Å². The van der Waals surface area contributed by atoms with E-state index in [9.17, 15) is 19.2 Å². The third-order valence-electron chi connectivity index (χ3n) is 8.56. The maximum absolute atomic E-state index is 14.1. The van der Waals surface area contributed by atoms with Gasteiger partial charge in [0.2, 0.25) is 17.7 Å². The molecule has 2 fully saturated rings. The summed E-state index contributed by atoms with van der Waals surface area (Å²) in [6.07, 6.45) is 3.40. The Kier molecular flexibility index (Phi) is 7.12. The summed E-state index contributed by atoms with van der Waals surface area (Å²) in [6.45, 7) is 10.4. The molecule has 0 radical (unpaired) electrons. The lowest BCUT2D eigenvalue weighted by Gasteiger charge is -2.38. The molecular weight excluding hydrogens is 526 g/mol. The first-order chi connectivity index (χ1) is 19.3. The lowest BCUT2D eigenvalue weighted by atomic mass is 9.85. The summed E-state index contributed by atoms with van der Waals surface area (Å²) in [7, 11) is 0. The normalized spacial score (nSPS) is 25.5. The molecule has 1 saturated heterocycles. The minimum Gasteiger partial charge on any atom is -0.478 e. The van der Waals surface area contributed by atoms with E-state index in [2.05, 4.69) is 39.8 Å². The van der Waals surface area contributed by atoms with Crippen LogP contribution in [-0.4, -0.2) is 69.3 Å². The first kappa shape index (κ1) is 28.3. The highest BCUT2D eigenvalue weighted by molar-refractivity contribution is 5.99. The number of hydrogen-bond donors (Lipinski definition) is 4. The summed E-state index contributed by atoms with van der Waals surface area (Å²) < 4.78 is 5.83. The molecule has 41 heavy (non-hydrogen) atoms. The molecule has 1 saturated carbocycles. The van der Waals surface area contributed by atoms with Crippen LogP contribution in [0.3, 0.4) is 0 Å². The van der Waals surface area contributed by atoms with Gasteiger partial charge in [0.05, 0.1) is 23.8 Å². The van der Waals surface area contributed by atoms with E-state index in [0.29, 0.717) is 23.7 Å². The van der Waals surface area contributed by atoms with Gasteiger partial charge in [0.15, 0.2) is 6.10 Å². The van der Waals surface area contributed by atoms with Gasteiger partial charge in [-0.3, -0.25) is 19.2 Å². The molecule has 5 rings (SSSR count). The molecule has 1 aromatic carbocycles. The van der Waals surface area contributed by atoms with Crippen LogP contribution in [0, 0.1) is 22.7 Å². The molecule has 0 spiro atoms. The van der Waals surface area contributed by atoms with Gasteiger partial charge >= 0.3 is 0 Å². The van der Waals surface area contributed by atoms with E-state index in [0.717, 1.165) is 0 Å². The number of para-hydroxylation sites is 2. The van der Waals surface area contributed by atoms with E-state index < -0.39 is 47.4 Å². The van der Waals surface area contributed by atoms with Crippen LogP contribution in [0.25, 0.3) is 0 Å². The summed E-state index contributed by atoms with van der Waals surface area (Å²) in [4.78, 5) is 62.8. The molecule has 1 aromatic heterocycles. The number of amides is 4. The molecule has 1 aliphatic carbocycles. The van der Waals surface area contributed by atoms with Crippen molar-refractivity contribution in [2.45, 2.75) is 65.3 Å². The van der Waals surface area contributed by atoms with E-state index in [-0.39, 0.29) is 29.6 Å². The number of likely N-dealkylation sites (tertiary alicyclic amines) is 1. The van der Waals surface area contributed by atoms with Crippen molar-refractivity contribution in [3.8, 4) is 5.75 Å². The number of nitrogens with one attached hydrogen (secondary N) is 3. The Hall–Kier alpha value is -4.22. The highest BCUT2D eigenvalue weighted by Crippen LogP contribution is 2.65. The summed E-state index contributed by atoms with van der Waals surface area (Å²) >= 11 is 0. The molecule has 2 unspecified atom stereocenters. The summed E-state index contributed by atoms with van der Waals surface area (Å²) in [5.74, 6) is -1.42. The molecule has 12 heteroatoms. The van der Waals surface area contributed by atoms with Gasteiger partial charge in [-0.2, -0.15) is 0 Å². The van der Waals surface area contributed by atoms with Gasteiger partial charge in [-0.1, -0.05) is 46.8 Å². The topological polar surface area (TPSA) is 169 Å². The summed E-state index contributed by atoms with van der Waals surface area (Å²) in [5.41, 5.74) is 6.15.